The summed E-state index contributed by atoms with van der Waals surface area (Å²) in [4.78, 5) is 2.61. The highest BCUT2D eigenvalue weighted by Crippen LogP contribution is 2.37. The lowest BCUT2D eigenvalue weighted by molar-refractivity contribution is -0.0128. The molecule has 2 rings (SSSR count). The van der Waals surface area contributed by atoms with Gasteiger partial charge in [0.15, 0.2) is 0 Å². The van der Waals surface area contributed by atoms with Gasteiger partial charge in [-0.2, -0.15) is 0 Å². The van der Waals surface area contributed by atoms with E-state index in [1.165, 1.54) is 12.8 Å². The van der Waals surface area contributed by atoms with E-state index in [-0.39, 0.29) is 5.41 Å². The number of nitrogens with zero attached hydrogens (tertiary/aromatic N) is 1. The topological polar surface area (TPSA) is 47.7 Å². The van der Waals surface area contributed by atoms with Gasteiger partial charge in [0.05, 0.1) is 6.61 Å². The lowest BCUT2D eigenvalue weighted by atomic mass is 9.79. The van der Waals surface area contributed by atoms with Crippen LogP contribution in [0.2, 0.25) is 0 Å². The average Bonchev–Trinajstić information content (AvgIpc) is 3.28. The fourth-order valence-electron chi connectivity index (χ4n) is 3.17. The van der Waals surface area contributed by atoms with Crippen LogP contribution in [0.4, 0.5) is 0 Å². The molecule has 0 aromatic heterocycles. The van der Waals surface area contributed by atoms with Crippen LogP contribution in [0.1, 0.15) is 32.6 Å². The Labute approximate surface area is 117 Å². The maximum absolute atomic E-state index is 6.09. The van der Waals surface area contributed by atoms with Gasteiger partial charge in [-0.15, -0.1) is 0 Å². The minimum atomic E-state index is 0.259. The van der Waals surface area contributed by atoms with Crippen molar-refractivity contribution in [1.29, 1.82) is 0 Å². The third-order valence-electron chi connectivity index (χ3n) is 4.99. The van der Waals surface area contributed by atoms with Gasteiger partial charge in [0.1, 0.15) is 0 Å². The van der Waals surface area contributed by atoms with E-state index in [4.69, 9.17) is 15.2 Å². The van der Waals surface area contributed by atoms with Crippen molar-refractivity contribution < 1.29 is 9.47 Å². The van der Waals surface area contributed by atoms with Gasteiger partial charge in [-0.3, -0.25) is 4.90 Å². The van der Waals surface area contributed by atoms with E-state index in [1.54, 1.807) is 7.11 Å². The lowest BCUT2D eigenvalue weighted by Crippen LogP contribution is -2.50. The maximum Gasteiger partial charge on any atom is 0.0589 e. The molecule has 1 aliphatic heterocycles. The van der Waals surface area contributed by atoms with Crippen LogP contribution in [0, 0.1) is 11.3 Å². The molecule has 1 saturated heterocycles. The zero-order chi connectivity index (χ0) is 13.7. The Morgan fingerprint density at radius 3 is 2.58 bits per heavy atom. The minimum Gasteiger partial charge on any atom is -0.383 e. The SMILES string of the molecule is COCCN(CC1(CN)CCOCC1)C(C)C1CC1. The summed E-state index contributed by atoms with van der Waals surface area (Å²) in [7, 11) is 1.78. The Balaban J connectivity index is 1.95. The summed E-state index contributed by atoms with van der Waals surface area (Å²) < 4.78 is 10.8. The highest BCUT2D eigenvalue weighted by Gasteiger charge is 2.38. The summed E-state index contributed by atoms with van der Waals surface area (Å²) in [5.74, 6) is 0.895. The van der Waals surface area contributed by atoms with Crippen LogP contribution in [-0.4, -0.2) is 57.5 Å². The molecule has 112 valence electrons. The van der Waals surface area contributed by atoms with E-state index in [0.29, 0.717) is 6.04 Å². The van der Waals surface area contributed by atoms with E-state index in [1.807, 2.05) is 0 Å². The standard InChI is InChI=1S/C15H30N2O2/c1-13(14-3-4-14)17(7-10-18-2)12-15(11-16)5-8-19-9-6-15/h13-14H,3-12,16H2,1-2H3. The molecule has 2 N–H and O–H groups in total. The van der Waals surface area contributed by atoms with Gasteiger partial charge in [0.25, 0.3) is 0 Å². The van der Waals surface area contributed by atoms with Crippen molar-refractivity contribution in [2.75, 3.05) is 46.6 Å². The highest BCUT2D eigenvalue weighted by atomic mass is 16.5. The van der Waals surface area contributed by atoms with Crippen LogP contribution in [0.15, 0.2) is 0 Å². The van der Waals surface area contributed by atoms with Gasteiger partial charge in [-0.25, -0.2) is 0 Å². The summed E-state index contributed by atoms with van der Waals surface area (Å²) in [6.45, 7) is 7.83. The number of hydrogen-bond donors (Lipinski definition) is 1. The summed E-state index contributed by atoms with van der Waals surface area (Å²) in [6.07, 6.45) is 4.99. The molecular formula is C15H30N2O2. The summed E-state index contributed by atoms with van der Waals surface area (Å²) in [5.41, 5.74) is 6.35. The normalized spacial score (nSPS) is 24.6. The van der Waals surface area contributed by atoms with Crippen LogP contribution in [0.25, 0.3) is 0 Å². The zero-order valence-electron chi connectivity index (χ0n) is 12.6. The summed E-state index contributed by atoms with van der Waals surface area (Å²) >= 11 is 0. The van der Waals surface area contributed by atoms with Gasteiger partial charge in [0.2, 0.25) is 0 Å². The Bertz CT molecular complexity index is 263. The first-order valence-electron chi connectivity index (χ1n) is 7.71. The fraction of sp³-hybridized carbons (Fsp3) is 1.00. The molecule has 4 heteroatoms. The van der Waals surface area contributed by atoms with Crippen LogP contribution < -0.4 is 5.73 Å². The van der Waals surface area contributed by atoms with Crippen LogP contribution in [0.3, 0.4) is 0 Å². The summed E-state index contributed by atoms with van der Waals surface area (Å²) in [5, 5.41) is 0. The van der Waals surface area contributed by atoms with Crippen LogP contribution in [-0.2, 0) is 9.47 Å². The zero-order valence-corrected chi connectivity index (χ0v) is 12.6. The first kappa shape index (κ1) is 15.2. The molecule has 0 radical (unpaired) electrons. The van der Waals surface area contributed by atoms with Crippen molar-refractivity contribution in [3.8, 4) is 0 Å². The molecule has 0 spiro atoms. The predicted octanol–water partition coefficient (Wildman–Crippen LogP) is 1.49. The first-order valence-corrected chi connectivity index (χ1v) is 7.71. The molecule has 2 aliphatic rings. The van der Waals surface area contributed by atoms with Gasteiger partial charge in [0, 0.05) is 39.5 Å². The van der Waals surface area contributed by atoms with Crippen molar-refractivity contribution in [2.24, 2.45) is 17.1 Å². The second-order valence-corrected chi connectivity index (χ2v) is 6.36. The van der Waals surface area contributed by atoms with Gasteiger partial charge < -0.3 is 15.2 Å². The Kier molecular flexibility index (Phi) is 5.63. The number of methoxy groups -OCH3 is 1. The predicted molar refractivity (Wildman–Crippen MR) is 77.2 cm³/mol. The smallest absolute Gasteiger partial charge is 0.0589 e. The van der Waals surface area contributed by atoms with Crippen molar-refractivity contribution in [1.82, 2.24) is 4.90 Å². The molecule has 1 heterocycles. The van der Waals surface area contributed by atoms with Gasteiger partial charge >= 0.3 is 0 Å². The monoisotopic (exact) mass is 270 g/mol. The van der Waals surface area contributed by atoms with E-state index in [2.05, 4.69) is 11.8 Å². The summed E-state index contributed by atoms with van der Waals surface area (Å²) in [6, 6.07) is 0.668. The highest BCUT2D eigenvalue weighted by molar-refractivity contribution is 4.91. The van der Waals surface area contributed by atoms with E-state index in [9.17, 15) is 0 Å². The third kappa shape index (κ3) is 4.15. The number of nitrogens with two attached hydrogens (primary N) is 1. The molecule has 0 aromatic carbocycles. The Morgan fingerprint density at radius 1 is 1.37 bits per heavy atom. The van der Waals surface area contributed by atoms with E-state index in [0.717, 1.165) is 58.2 Å². The number of hydrogen-bond acceptors (Lipinski definition) is 4. The first-order chi connectivity index (χ1) is 9.21. The number of rotatable bonds is 8. The molecule has 1 saturated carbocycles. The molecule has 1 unspecified atom stereocenters. The molecule has 1 aliphatic carbocycles. The van der Waals surface area contributed by atoms with Crippen LogP contribution in [0.5, 0.6) is 0 Å². The molecule has 19 heavy (non-hydrogen) atoms. The van der Waals surface area contributed by atoms with Crippen molar-refractivity contribution in [2.45, 2.75) is 38.6 Å². The Morgan fingerprint density at radius 2 is 2.05 bits per heavy atom. The van der Waals surface area contributed by atoms with E-state index < -0.39 is 0 Å². The van der Waals surface area contributed by atoms with E-state index >= 15 is 0 Å². The van der Waals surface area contributed by atoms with Gasteiger partial charge in [-0.05, 0) is 50.5 Å². The molecule has 0 aromatic rings. The molecule has 2 fully saturated rings. The molecule has 0 bridgehead atoms. The van der Waals surface area contributed by atoms with Crippen molar-refractivity contribution in [3.63, 3.8) is 0 Å². The van der Waals surface area contributed by atoms with Gasteiger partial charge in [-0.1, -0.05) is 0 Å². The average molecular weight is 270 g/mol. The molecular weight excluding hydrogens is 240 g/mol. The fourth-order valence-corrected chi connectivity index (χ4v) is 3.17. The molecule has 1 atom stereocenters. The minimum absolute atomic E-state index is 0.259. The van der Waals surface area contributed by atoms with Crippen molar-refractivity contribution in [3.05, 3.63) is 0 Å². The molecule has 0 amide bonds. The largest absolute Gasteiger partial charge is 0.383 e. The lowest BCUT2D eigenvalue weighted by Gasteiger charge is -2.42. The second kappa shape index (κ2) is 7.02. The van der Waals surface area contributed by atoms with Crippen molar-refractivity contribution >= 4 is 0 Å². The maximum atomic E-state index is 6.09. The third-order valence-corrected chi connectivity index (χ3v) is 4.99. The quantitative estimate of drug-likeness (QED) is 0.726. The number of ether oxygens (including phenoxy) is 2. The molecule has 4 nitrogen and oxygen atoms in total. The second-order valence-electron chi connectivity index (χ2n) is 6.36. The Hall–Kier alpha value is -0.160. The van der Waals surface area contributed by atoms with Crippen LogP contribution >= 0.6 is 0 Å².